The number of likely N-dealkylation sites (tertiary alicyclic amines) is 1. The predicted octanol–water partition coefficient (Wildman–Crippen LogP) is 1.76. The number of benzene rings is 1. The molecule has 0 aliphatic carbocycles. The Morgan fingerprint density at radius 3 is 2.67 bits per heavy atom. The summed E-state index contributed by atoms with van der Waals surface area (Å²) < 4.78 is 10.1. The van der Waals surface area contributed by atoms with Crippen LogP contribution >= 0.6 is 0 Å². The van der Waals surface area contributed by atoms with Gasteiger partial charge in [-0.15, -0.1) is 0 Å². The molecule has 158 valence electrons. The summed E-state index contributed by atoms with van der Waals surface area (Å²) in [4.78, 5) is 49.7. The van der Waals surface area contributed by atoms with E-state index in [1.54, 1.807) is 17.0 Å². The van der Waals surface area contributed by atoms with Crippen molar-refractivity contribution in [3.63, 3.8) is 0 Å². The van der Waals surface area contributed by atoms with Crippen molar-refractivity contribution in [1.82, 2.24) is 15.5 Å². The molecule has 3 rings (SSSR count). The van der Waals surface area contributed by atoms with Crippen molar-refractivity contribution in [2.24, 2.45) is 5.92 Å². The minimum absolute atomic E-state index is 0.0290. The molecule has 1 saturated heterocycles. The molecule has 0 spiro atoms. The summed E-state index contributed by atoms with van der Waals surface area (Å²) >= 11 is 0. The standard InChI is InChI=1S/C21H23N3O6/c1-14(15-6-3-2-4-7-15)24-12-16(10-19(24)26)20(27)30-13-18(25)23-21(28)22-11-17-8-5-9-29-17/h2-9,14,16H,10-13H2,1H3,(H2,22,23,25,28)/t14-,16-/m0/s1. The van der Waals surface area contributed by atoms with Gasteiger partial charge in [-0.3, -0.25) is 19.7 Å². The van der Waals surface area contributed by atoms with Gasteiger partial charge < -0.3 is 19.4 Å². The van der Waals surface area contributed by atoms with Gasteiger partial charge in [0.2, 0.25) is 5.91 Å². The number of nitrogens with zero attached hydrogens (tertiary/aromatic N) is 1. The maximum absolute atomic E-state index is 12.3. The van der Waals surface area contributed by atoms with Gasteiger partial charge in [-0.25, -0.2) is 4.79 Å². The van der Waals surface area contributed by atoms with Crippen LogP contribution in [0.25, 0.3) is 0 Å². The molecule has 1 aliphatic rings. The number of hydrogen-bond donors (Lipinski definition) is 2. The monoisotopic (exact) mass is 413 g/mol. The van der Waals surface area contributed by atoms with Gasteiger partial charge in [0.25, 0.3) is 5.91 Å². The number of amides is 4. The van der Waals surface area contributed by atoms with Crippen LogP contribution in [0, 0.1) is 5.92 Å². The number of imide groups is 1. The van der Waals surface area contributed by atoms with E-state index in [2.05, 4.69) is 10.6 Å². The molecule has 4 amide bonds. The zero-order chi connectivity index (χ0) is 21.5. The Kier molecular flexibility index (Phi) is 6.84. The zero-order valence-corrected chi connectivity index (χ0v) is 16.5. The van der Waals surface area contributed by atoms with E-state index in [9.17, 15) is 19.2 Å². The number of furan rings is 1. The van der Waals surface area contributed by atoms with E-state index in [-0.39, 0.29) is 31.5 Å². The Bertz CT molecular complexity index is 897. The van der Waals surface area contributed by atoms with Gasteiger partial charge in [-0.2, -0.15) is 0 Å². The molecule has 0 radical (unpaired) electrons. The average molecular weight is 413 g/mol. The lowest BCUT2D eigenvalue weighted by molar-refractivity contribution is -0.152. The fourth-order valence-electron chi connectivity index (χ4n) is 3.22. The summed E-state index contributed by atoms with van der Waals surface area (Å²) in [6.45, 7) is 1.63. The van der Waals surface area contributed by atoms with Crippen LogP contribution in [0.5, 0.6) is 0 Å². The first-order valence-electron chi connectivity index (χ1n) is 9.55. The third-order valence-corrected chi connectivity index (χ3v) is 4.84. The highest BCUT2D eigenvalue weighted by molar-refractivity contribution is 5.96. The van der Waals surface area contributed by atoms with E-state index in [1.807, 2.05) is 37.3 Å². The number of carbonyl (C=O) groups is 4. The Labute approximate surface area is 173 Å². The molecule has 9 nitrogen and oxygen atoms in total. The molecule has 30 heavy (non-hydrogen) atoms. The molecular weight excluding hydrogens is 390 g/mol. The van der Waals surface area contributed by atoms with Crippen LogP contribution in [-0.4, -0.2) is 41.9 Å². The third kappa shape index (κ3) is 5.47. The van der Waals surface area contributed by atoms with Crippen molar-refractivity contribution in [3.8, 4) is 0 Å². The maximum Gasteiger partial charge on any atom is 0.321 e. The summed E-state index contributed by atoms with van der Waals surface area (Å²) in [6.07, 6.45) is 1.50. The Morgan fingerprint density at radius 1 is 1.20 bits per heavy atom. The van der Waals surface area contributed by atoms with Crippen molar-refractivity contribution in [3.05, 3.63) is 60.1 Å². The number of esters is 1. The van der Waals surface area contributed by atoms with Crippen molar-refractivity contribution in [1.29, 1.82) is 0 Å². The molecule has 0 saturated carbocycles. The van der Waals surface area contributed by atoms with Gasteiger partial charge in [0.05, 0.1) is 24.8 Å². The quantitative estimate of drug-likeness (QED) is 0.668. The molecule has 2 N–H and O–H groups in total. The number of urea groups is 1. The van der Waals surface area contributed by atoms with E-state index < -0.39 is 30.4 Å². The lowest BCUT2D eigenvalue weighted by atomic mass is 10.1. The van der Waals surface area contributed by atoms with Gasteiger partial charge in [-0.05, 0) is 24.6 Å². The summed E-state index contributed by atoms with van der Waals surface area (Å²) in [5.41, 5.74) is 0.972. The normalized spacial score (nSPS) is 16.8. The second kappa shape index (κ2) is 9.73. The Hall–Kier alpha value is -3.62. The highest BCUT2D eigenvalue weighted by Crippen LogP contribution is 2.28. The van der Waals surface area contributed by atoms with Crippen molar-refractivity contribution < 1.29 is 28.3 Å². The molecule has 2 aromatic rings. The molecule has 1 aromatic heterocycles. The molecule has 9 heteroatoms. The van der Waals surface area contributed by atoms with E-state index in [0.717, 1.165) is 5.56 Å². The fraction of sp³-hybridized carbons (Fsp3) is 0.333. The van der Waals surface area contributed by atoms with Crippen molar-refractivity contribution in [2.45, 2.75) is 25.9 Å². The van der Waals surface area contributed by atoms with Crippen LogP contribution in [0.1, 0.15) is 30.7 Å². The number of nitrogens with one attached hydrogen (secondary N) is 2. The fourth-order valence-corrected chi connectivity index (χ4v) is 3.22. The molecule has 2 atom stereocenters. The van der Waals surface area contributed by atoms with Crippen molar-refractivity contribution >= 4 is 23.8 Å². The smallest absolute Gasteiger partial charge is 0.321 e. The van der Waals surface area contributed by atoms with Crippen LogP contribution in [0.4, 0.5) is 4.79 Å². The number of ether oxygens (including phenoxy) is 1. The highest BCUT2D eigenvalue weighted by atomic mass is 16.5. The van der Waals surface area contributed by atoms with E-state index in [0.29, 0.717) is 5.76 Å². The van der Waals surface area contributed by atoms with Gasteiger partial charge in [-0.1, -0.05) is 30.3 Å². The molecule has 0 bridgehead atoms. The second-order valence-corrected chi connectivity index (χ2v) is 6.95. The first-order valence-corrected chi connectivity index (χ1v) is 9.55. The van der Waals surface area contributed by atoms with Crippen LogP contribution in [0.15, 0.2) is 53.1 Å². The van der Waals surface area contributed by atoms with Gasteiger partial charge in [0, 0.05) is 13.0 Å². The topological polar surface area (TPSA) is 118 Å². The minimum Gasteiger partial charge on any atom is -0.467 e. The summed E-state index contributed by atoms with van der Waals surface area (Å²) in [5.74, 6) is -1.67. The minimum atomic E-state index is -0.765. The third-order valence-electron chi connectivity index (χ3n) is 4.84. The molecule has 1 fully saturated rings. The second-order valence-electron chi connectivity index (χ2n) is 6.95. The highest BCUT2D eigenvalue weighted by Gasteiger charge is 2.38. The summed E-state index contributed by atoms with van der Waals surface area (Å²) in [7, 11) is 0. The van der Waals surface area contributed by atoms with Crippen molar-refractivity contribution in [2.75, 3.05) is 13.2 Å². The zero-order valence-electron chi connectivity index (χ0n) is 16.5. The van der Waals surface area contributed by atoms with E-state index >= 15 is 0 Å². The Balaban J connectivity index is 1.42. The number of carbonyl (C=O) groups excluding carboxylic acids is 4. The summed E-state index contributed by atoms with van der Waals surface area (Å²) in [6, 6.07) is 12.0. The number of rotatable bonds is 7. The van der Waals surface area contributed by atoms with Crippen LogP contribution in [0.2, 0.25) is 0 Å². The van der Waals surface area contributed by atoms with Gasteiger partial charge >= 0.3 is 12.0 Å². The van der Waals surface area contributed by atoms with Crippen LogP contribution < -0.4 is 10.6 Å². The Morgan fingerprint density at radius 2 is 1.97 bits per heavy atom. The van der Waals surface area contributed by atoms with E-state index in [1.165, 1.54) is 6.26 Å². The molecule has 1 aliphatic heterocycles. The van der Waals surface area contributed by atoms with E-state index in [4.69, 9.17) is 9.15 Å². The first-order chi connectivity index (χ1) is 14.4. The largest absolute Gasteiger partial charge is 0.467 e. The maximum atomic E-state index is 12.3. The first kappa shape index (κ1) is 21.1. The summed E-state index contributed by atoms with van der Waals surface area (Å²) in [5, 5.41) is 4.50. The van der Waals surface area contributed by atoms with Crippen LogP contribution in [0.3, 0.4) is 0 Å². The SMILES string of the molecule is C[C@@H](c1ccccc1)N1C[C@@H](C(=O)OCC(=O)NC(=O)NCc2ccco2)CC1=O. The van der Waals surface area contributed by atoms with Crippen LogP contribution in [-0.2, 0) is 25.7 Å². The molecule has 0 unspecified atom stereocenters. The number of hydrogen-bond acceptors (Lipinski definition) is 6. The lowest BCUT2D eigenvalue weighted by Crippen LogP contribution is -2.41. The van der Waals surface area contributed by atoms with Gasteiger partial charge in [0.1, 0.15) is 5.76 Å². The molecule has 2 heterocycles. The van der Waals surface area contributed by atoms with Gasteiger partial charge in [0.15, 0.2) is 6.61 Å². The molecule has 1 aromatic carbocycles. The average Bonchev–Trinajstić information content (AvgIpc) is 3.40. The molecular formula is C21H23N3O6. The predicted molar refractivity (Wildman–Crippen MR) is 105 cm³/mol. The lowest BCUT2D eigenvalue weighted by Gasteiger charge is -2.25.